The van der Waals surface area contributed by atoms with Gasteiger partial charge in [0.15, 0.2) is 5.69 Å². The number of carbonyl (C=O) groups is 2. The Morgan fingerprint density at radius 2 is 2.10 bits per heavy atom. The van der Waals surface area contributed by atoms with Crippen molar-refractivity contribution < 1.29 is 14.7 Å². The Labute approximate surface area is 117 Å². The van der Waals surface area contributed by atoms with Gasteiger partial charge in [0.2, 0.25) is 5.91 Å². The van der Waals surface area contributed by atoms with Crippen LogP contribution in [-0.4, -0.2) is 49.0 Å². The van der Waals surface area contributed by atoms with Gasteiger partial charge in [-0.2, -0.15) is 0 Å². The highest BCUT2D eigenvalue weighted by Gasteiger charge is 2.36. The second-order valence-corrected chi connectivity index (χ2v) is 5.62. The van der Waals surface area contributed by atoms with Crippen LogP contribution < -0.4 is 0 Å². The lowest BCUT2D eigenvalue weighted by Crippen LogP contribution is -2.44. The molecule has 0 aromatic carbocycles. The molecule has 1 saturated carbocycles. The number of carboxylic acid groups (broad SMARTS) is 1. The van der Waals surface area contributed by atoms with E-state index in [9.17, 15) is 9.59 Å². The molecule has 1 aliphatic rings. The standard InChI is InChI=1S/C13H20N4O3/c1-8(2)9(3)17(10-4-5-10)12(18)7-16-6-11(13(19)20)14-15-16/h6,8-10H,4-5,7H2,1-3H3,(H,19,20). The van der Waals surface area contributed by atoms with Crippen molar-refractivity contribution in [3.05, 3.63) is 11.9 Å². The summed E-state index contributed by atoms with van der Waals surface area (Å²) in [5, 5.41) is 16.0. The largest absolute Gasteiger partial charge is 0.476 e. The van der Waals surface area contributed by atoms with E-state index in [0.29, 0.717) is 12.0 Å². The van der Waals surface area contributed by atoms with Gasteiger partial charge in [0.25, 0.3) is 0 Å². The molecule has 0 aliphatic heterocycles. The first kappa shape index (κ1) is 14.5. The first-order valence-corrected chi connectivity index (χ1v) is 6.84. The van der Waals surface area contributed by atoms with Crippen LogP contribution in [0.5, 0.6) is 0 Å². The normalized spacial score (nSPS) is 16.2. The summed E-state index contributed by atoms with van der Waals surface area (Å²) in [6.07, 6.45) is 3.37. The molecule has 20 heavy (non-hydrogen) atoms. The lowest BCUT2D eigenvalue weighted by atomic mass is 10.0. The summed E-state index contributed by atoms with van der Waals surface area (Å²) < 4.78 is 1.29. The van der Waals surface area contributed by atoms with Gasteiger partial charge in [-0.1, -0.05) is 19.1 Å². The number of hydrogen-bond acceptors (Lipinski definition) is 4. The maximum Gasteiger partial charge on any atom is 0.358 e. The quantitative estimate of drug-likeness (QED) is 0.840. The molecule has 1 heterocycles. The lowest BCUT2D eigenvalue weighted by Gasteiger charge is -2.32. The molecule has 7 nitrogen and oxygen atoms in total. The van der Waals surface area contributed by atoms with Gasteiger partial charge in [0, 0.05) is 12.1 Å². The van der Waals surface area contributed by atoms with Gasteiger partial charge in [-0.05, 0) is 25.7 Å². The van der Waals surface area contributed by atoms with E-state index in [0.717, 1.165) is 12.8 Å². The summed E-state index contributed by atoms with van der Waals surface area (Å²) in [5.74, 6) is -0.793. The van der Waals surface area contributed by atoms with E-state index >= 15 is 0 Å². The van der Waals surface area contributed by atoms with Crippen LogP contribution in [0.3, 0.4) is 0 Å². The number of carboxylic acids is 1. The zero-order valence-electron chi connectivity index (χ0n) is 12.0. The minimum absolute atomic E-state index is 0.0319. The molecule has 0 saturated heterocycles. The van der Waals surface area contributed by atoms with Crippen molar-refractivity contribution in [2.45, 2.75) is 52.2 Å². The number of aromatic carboxylic acids is 1. The average Bonchev–Trinajstić information content (AvgIpc) is 3.07. The first-order valence-electron chi connectivity index (χ1n) is 6.84. The molecule has 1 atom stereocenters. The Kier molecular flexibility index (Phi) is 4.06. The van der Waals surface area contributed by atoms with Crippen molar-refractivity contribution in [1.29, 1.82) is 0 Å². The number of amides is 1. The average molecular weight is 280 g/mol. The minimum atomic E-state index is -1.14. The Hall–Kier alpha value is -1.92. The Bertz CT molecular complexity index is 507. The lowest BCUT2D eigenvalue weighted by molar-refractivity contribution is -0.135. The molecular weight excluding hydrogens is 260 g/mol. The van der Waals surface area contributed by atoms with Gasteiger partial charge >= 0.3 is 5.97 Å². The summed E-state index contributed by atoms with van der Waals surface area (Å²) in [7, 11) is 0. The monoisotopic (exact) mass is 280 g/mol. The van der Waals surface area contributed by atoms with Crippen LogP contribution in [0, 0.1) is 5.92 Å². The van der Waals surface area contributed by atoms with E-state index < -0.39 is 5.97 Å². The van der Waals surface area contributed by atoms with Crippen LogP contribution in [0.15, 0.2) is 6.20 Å². The molecule has 1 amide bonds. The second-order valence-electron chi connectivity index (χ2n) is 5.62. The van der Waals surface area contributed by atoms with Gasteiger partial charge in [0.1, 0.15) is 6.54 Å². The maximum absolute atomic E-state index is 12.4. The molecule has 7 heteroatoms. The zero-order valence-corrected chi connectivity index (χ0v) is 12.0. The summed E-state index contributed by atoms with van der Waals surface area (Å²) in [6, 6.07) is 0.486. The highest BCUT2D eigenvalue weighted by molar-refractivity contribution is 5.84. The number of aromatic nitrogens is 3. The van der Waals surface area contributed by atoms with Crippen molar-refractivity contribution in [3.8, 4) is 0 Å². The predicted molar refractivity (Wildman–Crippen MR) is 71.1 cm³/mol. The van der Waals surface area contributed by atoms with E-state index in [1.807, 2.05) is 11.8 Å². The highest BCUT2D eigenvalue weighted by Crippen LogP contribution is 2.30. The van der Waals surface area contributed by atoms with Crippen molar-refractivity contribution in [2.75, 3.05) is 0 Å². The van der Waals surface area contributed by atoms with Crippen LogP contribution in [0.4, 0.5) is 0 Å². The van der Waals surface area contributed by atoms with E-state index in [4.69, 9.17) is 5.11 Å². The van der Waals surface area contributed by atoms with E-state index in [-0.39, 0.29) is 24.2 Å². The third kappa shape index (κ3) is 3.15. The Morgan fingerprint density at radius 1 is 1.45 bits per heavy atom. The molecule has 0 radical (unpaired) electrons. The number of carbonyl (C=O) groups excluding carboxylic acids is 1. The fourth-order valence-electron chi connectivity index (χ4n) is 2.13. The van der Waals surface area contributed by atoms with Crippen LogP contribution in [-0.2, 0) is 11.3 Å². The molecule has 0 bridgehead atoms. The molecule has 1 N–H and O–H groups in total. The minimum Gasteiger partial charge on any atom is -0.476 e. The van der Waals surface area contributed by atoms with Crippen molar-refractivity contribution in [2.24, 2.45) is 5.92 Å². The van der Waals surface area contributed by atoms with Crippen molar-refractivity contribution in [1.82, 2.24) is 19.9 Å². The van der Waals surface area contributed by atoms with E-state index in [1.165, 1.54) is 10.9 Å². The SMILES string of the molecule is CC(C)C(C)N(C(=O)Cn1cc(C(=O)O)nn1)C1CC1. The maximum atomic E-state index is 12.4. The summed E-state index contributed by atoms with van der Waals surface area (Å²) >= 11 is 0. The van der Waals surface area contributed by atoms with E-state index in [1.54, 1.807) is 0 Å². The van der Waals surface area contributed by atoms with Crippen molar-refractivity contribution in [3.63, 3.8) is 0 Å². The Balaban J connectivity index is 2.06. The highest BCUT2D eigenvalue weighted by atomic mass is 16.4. The molecule has 1 aromatic rings. The molecule has 1 aromatic heterocycles. The summed E-state index contributed by atoms with van der Waals surface area (Å²) in [5.41, 5.74) is -0.146. The predicted octanol–water partition coefficient (Wildman–Crippen LogP) is 1.01. The molecule has 110 valence electrons. The summed E-state index contributed by atoms with van der Waals surface area (Å²) in [6.45, 7) is 6.26. The topological polar surface area (TPSA) is 88.3 Å². The molecule has 1 fully saturated rings. The molecule has 0 spiro atoms. The fraction of sp³-hybridized carbons (Fsp3) is 0.692. The third-order valence-corrected chi connectivity index (χ3v) is 3.69. The fourth-order valence-corrected chi connectivity index (χ4v) is 2.13. The van der Waals surface area contributed by atoms with Crippen LogP contribution >= 0.6 is 0 Å². The van der Waals surface area contributed by atoms with Gasteiger partial charge in [-0.25, -0.2) is 9.48 Å². The number of nitrogens with zero attached hydrogens (tertiary/aromatic N) is 4. The zero-order chi connectivity index (χ0) is 14.9. The molecule has 1 aliphatic carbocycles. The van der Waals surface area contributed by atoms with Crippen LogP contribution in [0.2, 0.25) is 0 Å². The molecular formula is C13H20N4O3. The van der Waals surface area contributed by atoms with Gasteiger partial charge < -0.3 is 10.0 Å². The van der Waals surface area contributed by atoms with Gasteiger partial charge in [0.05, 0.1) is 6.20 Å². The third-order valence-electron chi connectivity index (χ3n) is 3.69. The number of hydrogen-bond donors (Lipinski definition) is 1. The second kappa shape index (κ2) is 5.60. The molecule has 2 rings (SSSR count). The number of rotatable bonds is 6. The first-order chi connectivity index (χ1) is 9.40. The molecule has 1 unspecified atom stereocenters. The van der Waals surface area contributed by atoms with E-state index in [2.05, 4.69) is 24.2 Å². The van der Waals surface area contributed by atoms with Crippen LogP contribution in [0.25, 0.3) is 0 Å². The van der Waals surface area contributed by atoms with Gasteiger partial charge in [-0.15, -0.1) is 5.10 Å². The van der Waals surface area contributed by atoms with Gasteiger partial charge in [-0.3, -0.25) is 4.79 Å². The summed E-state index contributed by atoms with van der Waals surface area (Å²) in [4.78, 5) is 25.1. The van der Waals surface area contributed by atoms with Crippen molar-refractivity contribution >= 4 is 11.9 Å². The smallest absolute Gasteiger partial charge is 0.358 e. The van der Waals surface area contributed by atoms with Crippen LogP contribution in [0.1, 0.15) is 44.1 Å². The Morgan fingerprint density at radius 3 is 2.55 bits per heavy atom.